The van der Waals surface area contributed by atoms with Gasteiger partial charge in [0.05, 0.1) is 5.41 Å². The molecule has 2 aliphatic rings. The van der Waals surface area contributed by atoms with Gasteiger partial charge in [-0.05, 0) is 52.4 Å². The molecule has 1 saturated carbocycles. The Balaban J connectivity index is 0.000000140. The molecule has 2 rings (SSSR count). The van der Waals surface area contributed by atoms with E-state index in [-0.39, 0.29) is 0 Å². The average molecular weight is 196 g/mol. The number of aliphatic carboxylic acids is 1. The maximum atomic E-state index is 10.0. The highest BCUT2D eigenvalue weighted by Crippen LogP contribution is 2.38. The van der Waals surface area contributed by atoms with Crippen molar-refractivity contribution in [3.05, 3.63) is 11.6 Å². The Morgan fingerprint density at radius 2 is 2.07 bits per heavy atom. The van der Waals surface area contributed by atoms with Gasteiger partial charge in [-0.1, -0.05) is 11.6 Å². The molecular formula is C12H20O2. The zero-order valence-corrected chi connectivity index (χ0v) is 9.34. The summed E-state index contributed by atoms with van der Waals surface area (Å²) < 4.78 is 0. The first-order valence-electron chi connectivity index (χ1n) is 5.31. The van der Waals surface area contributed by atoms with Crippen LogP contribution >= 0.6 is 0 Å². The molecular weight excluding hydrogens is 176 g/mol. The SMILES string of the molecule is C1=C2CCC(C1)C2.CC(C)(C)C(=O)O. The van der Waals surface area contributed by atoms with Crippen molar-refractivity contribution in [2.45, 2.75) is 46.5 Å². The van der Waals surface area contributed by atoms with E-state index in [4.69, 9.17) is 5.11 Å². The molecule has 2 heteroatoms. The second kappa shape index (κ2) is 4.16. The van der Waals surface area contributed by atoms with Crippen LogP contribution in [0.15, 0.2) is 11.6 Å². The fourth-order valence-corrected chi connectivity index (χ4v) is 1.68. The van der Waals surface area contributed by atoms with E-state index < -0.39 is 11.4 Å². The molecule has 0 aliphatic heterocycles. The Labute approximate surface area is 86.0 Å². The van der Waals surface area contributed by atoms with Gasteiger partial charge in [0, 0.05) is 0 Å². The summed E-state index contributed by atoms with van der Waals surface area (Å²) in [5.74, 6) is 0.322. The zero-order chi connectivity index (χ0) is 10.8. The van der Waals surface area contributed by atoms with Crippen molar-refractivity contribution in [2.75, 3.05) is 0 Å². The molecule has 0 amide bonds. The van der Waals surface area contributed by atoms with Gasteiger partial charge < -0.3 is 5.11 Å². The highest BCUT2D eigenvalue weighted by Gasteiger charge is 2.23. The van der Waals surface area contributed by atoms with Crippen molar-refractivity contribution < 1.29 is 9.90 Å². The predicted molar refractivity (Wildman–Crippen MR) is 57.1 cm³/mol. The van der Waals surface area contributed by atoms with Crippen molar-refractivity contribution in [3.8, 4) is 0 Å². The topological polar surface area (TPSA) is 37.3 Å². The molecule has 80 valence electrons. The molecule has 1 fully saturated rings. The van der Waals surface area contributed by atoms with Crippen LogP contribution in [0.5, 0.6) is 0 Å². The number of allylic oxidation sites excluding steroid dienone is 2. The Morgan fingerprint density at radius 3 is 2.14 bits per heavy atom. The first-order chi connectivity index (χ1) is 6.39. The molecule has 1 atom stereocenters. The Morgan fingerprint density at radius 1 is 1.50 bits per heavy atom. The molecule has 0 aromatic carbocycles. The minimum absolute atomic E-state index is 0.583. The monoisotopic (exact) mass is 196 g/mol. The molecule has 14 heavy (non-hydrogen) atoms. The van der Waals surface area contributed by atoms with E-state index in [0.717, 1.165) is 5.92 Å². The molecule has 0 aromatic rings. The molecule has 1 N–H and O–H groups in total. The molecule has 0 heterocycles. The highest BCUT2D eigenvalue weighted by molar-refractivity contribution is 5.72. The van der Waals surface area contributed by atoms with Gasteiger partial charge in [0.25, 0.3) is 0 Å². The van der Waals surface area contributed by atoms with E-state index in [1.807, 2.05) is 0 Å². The van der Waals surface area contributed by atoms with Crippen LogP contribution in [-0.2, 0) is 4.79 Å². The third kappa shape index (κ3) is 3.17. The van der Waals surface area contributed by atoms with Crippen LogP contribution in [0, 0.1) is 11.3 Å². The quantitative estimate of drug-likeness (QED) is 0.604. The van der Waals surface area contributed by atoms with Gasteiger partial charge in [0.1, 0.15) is 0 Å². The van der Waals surface area contributed by atoms with E-state index >= 15 is 0 Å². The van der Waals surface area contributed by atoms with Crippen LogP contribution < -0.4 is 0 Å². The number of carboxylic acids is 1. The molecule has 2 aliphatic carbocycles. The van der Waals surface area contributed by atoms with Gasteiger partial charge in [0.15, 0.2) is 0 Å². The lowest BCUT2D eigenvalue weighted by Gasteiger charge is -2.08. The summed E-state index contributed by atoms with van der Waals surface area (Å²) in [5.41, 5.74) is 1.16. The van der Waals surface area contributed by atoms with Crippen molar-refractivity contribution in [3.63, 3.8) is 0 Å². The van der Waals surface area contributed by atoms with E-state index in [9.17, 15) is 4.79 Å². The molecule has 2 nitrogen and oxygen atoms in total. The number of carbonyl (C=O) groups is 1. The fraction of sp³-hybridized carbons (Fsp3) is 0.750. The minimum Gasteiger partial charge on any atom is -0.481 e. The van der Waals surface area contributed by atoms with E-state index in [2.05, 4.69) is 6.08 Å². The third-order valence-electron chi connectivity index (χ3n) is 2.81. The van der Waals surface area contributed by atoms with Gasteiger partial charge in [-0.15, -0.1) is 0 Å². The number of carboxylic acid groups (broad SMARTS) is 1. The van der Waals surface area contributed by atoms with Crippen LogP contribution in [0.1, 0.15) is 46.5 Å². The van der Waals surface area contributed by atoms with E-state index in [1.54, 1.807) is 26.3 Å². The van der Waals surface area contributed by atoms with Gasteiger partial charge in [-0.2, -0.15) is 0 Å². The smallest absolute Gasteiger partial charge is 0.308 e. The molecule has 0 spiro atoms. The maximum absolute atomic E-state index is 10.0. The Kier molecular flexibility index (Phi) is 3.35. The summed E-state index contributed by atoms with van der Waals surface area (Å²) in [6.45, 7) is 4.99. The number of fused-ring (bicyclic) bond motifs is 2. The fourth-order valence-electron chi connectivity index (χ4n) is 1.68. The standard InChI is InChI=1S/C7H10.C5H10O2/c1-2-7-4-3-6(1)5-7;1-5(2,3)4(6)7/h1,7H,2-5H2;1-3H3,(H,6,7). The molecule has 0 saturated heterocycles. The first-order valence-corrected chi connectivity index (χ1v) is 5.31. The molecule has 1 unspecified atom stereocenters. The summed E-state index contributed by atoms with van der Waals surface area (Å²) >= 11 is 0. The van der Waals surface area contributed by atoms with Gasteiger partial charge in [-0.3, -0.25) is 4.79 Å². The summed E-state index contributed by atoms with van der Waals surface area (Å²) in [6, 6.07) is 0. The van der Waals surface area contributed by atoms with Crippen LogP contribution in [0.25, 0.3) is 0 Å². The molecule has 0 aromatic heterocycles. The maximum Gasteiger partial charge on any atom is 0.308 e. The van der Waals surface area contributed by atoms with Gasteiger partial charge in [-0.25, -0.2) is 0 Å². The second-order valence-corrected chi connectivity index (χ2v) is 5.26. The van der Waals surface area contributed by atoms with Crippen molar-refractivity contribution >= 4 is 5.97 Å². The largest absolute Gasteiger partial charge is 0.481 e. The minimum atomic E-state index is -0.757. The second-order valence-electron chi connectivity index (χ2n) is 5.26. The van der Waals surface area contributed by atoms with E-state index in [0.29, 0.717) is 0 Å². The third-order valence-corrected chi connectivity index (χ3v) is 2.81. The van der Waals surface area contributed by atoms with Gasteiger partial charge in [0.2, 0.25) is 0 Å². The number of rotatable bonds is 0. The average Bonchev–Trinajstić information content (AvgIpc) is 2.65. The lowest BCUT2D eigenvalue weighted by molar-refractivity contribution is -0.145. The van der Waals surface area contributed by atoms with Crippen molar-refractivity contribution in [1.82, 2.24) is 0 Å². The summed E-state index contributed by atoms with van der Waals surface area (Å²) in [6.07, 6.45) is 8.18. The van der Waals surface area contributed by atoms with Crippen LogP contribution in [0.4, 0.5) is 0 Å². The molecule has 2 bridgehead atoms. The highest BCUT2D eigenvalue weighted by atomic mass is 16.4. The van der Waals surface area contributed by atoms with E-state index in [1.165, 1.54) is 25.7 Å². The summed E-state index contributed by atoms with van der Waals surface area (Å²) in [4.78, 5) is 10.0. The lowest BCUT2D eigenvalue weighted by Crippen LogP contribution is -2.18. The summed E-state index contributed by atoms with van der Waals surface area (Å²) in [7, 11) is 0. The Hall–Kier alpha value is -0.790. The van der Waals surface area contributed by atoms with Crippen LogP contribution in [-0.4, -0.2) is 11.1 Å². The van der Waals surface area contributed by atoms with Crippen LogP contribution in [0.2, 0.25) is 0 Å². The van der Waals surface area contributed by atoms with Gasteiger partial charge >= 0.3 is 5.97 Å². The lowest BCUT2D eigenvalue weighted by atomic mass is 9.98. The number of hydrogen-bond acceptors (Lipinski definition) is 1. The van der Waals surface area contributed by atoms with Crippen molar-refractivity contribution in [1.29, 1.82) is 0 Å². The normalized spacial score (nSPS) is 23.9. The zero-order valence-electron chi connectivity index (χ0n) is 9.34. The van der Waals surface area contributed by atoms with Crippen LogP contribution in [0.3, 0.4) is 0 Å². The number of hydrogen-bond donors (Lipinski definition) is 1. The predicted octanol–water partition coefficient (Wildman–Crippen LogP) is 3.23. The molecule has 0 radical (unpaired) electrons. The van der Waals surface area contributed by atoms with Crippen molar-refractivity contribution in [2.24, 2.45) is 11.3 Å². The summed E-state index contributed by atoms with van der Waals surface area (Å²) in [5, 5.41) is 8.25. The first kappa shape index (κ1) is 11.3. The Bertz CT molecular complexity index is 246.